The van der Waals surface area contributed by atoms with Crippen LogP contribution in [0.3, 0.4) is 0 Å². The van der Waals surface area contributed by atoms with E-state index in [2.05, 4.69) is 17.1 Å². The van der Waals surface area contributed by atoms with E-state index in [1.807, 2.05) is 25.5 Å². The Morgan fingerprint density at radius 3 is 2.85 bits per heavy atom. The quantitative estimate of drug-likeness (QED) is 0.906. The number of aromatic nitrogens is 1. The van der Waals surface area contributed by atoms with E-state index in [0.717, 1.165) is 25.6 Å². The average Bonchev–Trinajstić information content (AvgIpc) is 3.21. The van der Waals surface area contributed by atoms with E-state index < -0.39 is 0 Å². The Labute approximate surface area is 125 Å². The van der Waals surface area contributed by atoms with Gasteiger partial charge in [0, 0.05) is 37.5 Å². The van der Waals surface area contributed by atoms with Crippen LogP contribution in [-0.4, -0.2) is 38.3 Å². The zero-order valence-electron chi connectivity index (χ0n) is 12.7. The lowest BCUT2D eigenvalue weighted by atomic mass is 9.96. The Morgan fingerprint density at radius 2 is 2.20 bits per heavy atom. The van der Waals surface area contributed by atoms with E-state index in [1.165, 1.54) is 35.0 Å². The molecule has 0 amide bonds. The maximum absolute atomic E-state index is 5.62. The van der Waals surface area contributed by atoms with Crippen LogP contribution in [0.1, 0.15) is 42.7 Å². The van der Waals surface area contributed by atoms with E-state index in [0.29, 0.717) is 12.0 Å². The van der Waals surface area contributed by atoms with Gasteiger partial charge < -0.3 is 15.0 Å². The highest BCUT2D eigenvalue weighted by atomic mass is 32.1. The minimum atomic E-state index is 0.338. The molecule has 0 spiro atoms. The van der Waals surface area contributed by atoms with Gasteiger partial charge in [-0.2, -0.15) is 0 Å². The molecule has 1 aliphatic heterocycles. The standard InChI is InChI=1S/C15H25N3OS/c1-10-6-7-18(9-12(10)19-3)15-17-14(11-4-5-11)13(20-15)8-16-2/h10-12,16H,4-9H2,1-3H3. The number of thiazole rings is 1. The fourth-order valence-electron chi connectivity index (χ4n) is 2.96. The maximum atomic E-state index is 5.62. The summed E-state index contributed by atoms with van der Waals surface area (Å²) in [5, 5.41) is 4.48. The highest BCUT2D eigenvalue weighted by Gasteiger charge is 2.32. The van der Waals surface area contributed by atoms with Crippen molar-refractivity contribution in [2.75, 3.05) is 32.1 Å². The number of methoxy groups -OCH3 is 1. The summed E-state index contributed by atoms with van der Waals surface area (Å²) in [6.45, 7) is 5.32. The van der Waals surface area contributed by atoms with Gasteiger partial charge in [-0.3, -0.25) is 0 Å². The third-order valence-electron chi connectivity index (χ3n) is 4.48. The molecular weight excluding hydrogens is 270 g/mol. The fourth-order valence-corrected chi connectivity index (χ4v) is 4.16. The summed E-state index contributed by atoms with van der Waals surface area (Å²) < 4.78 is 5.62. The summed E-state index contributed by atoms with van der Waals surface area (Å²) in [4.78, 5) is 8.81. The molecule has 20 heavy (non-hydrogen) atoms. The van der Waals surface area contributed by atoms with Gasteiger partial charge in [0.1, 0.15) is 0 Å². The van der Waals surface area contributed by atoms with Crippen molar-refractivity contribution >= 4 is 16.5 Å². The second-order valence-electron chi connectivity index (χ2n) is 6.10. The van der Waals surface area contributed by atoms with Gasteiger partial charge in [-0.25, -0.2) is 4.98 Å². The van der Waals surface area contributed by atoms with Gasteiger partial charge in [0.05, 0.1) is 11.8 Å². The Bertz CT molecular complexity index is 458. The molecular formula is C15H25N3OS. The van der Waals surface area contributed by atoms with Crippen LogP contribution < -0.4 is 10.2 Å². The van der Waals surface area contributed by atoms with Crippen LogP contribution in [0.5, 0.6) is 0 Å². The maximum Gasteiger partial charge on any atom is 0.185 e. The molecule has 2 atom stereocenters. The number of hydrogen-bond donors (Lipinski definition) is 1. The molecule has 2 heterocycles. The minimum Gasteiger partial charge on any atom is -0.379 e. The van der Waals surface area contributed by atoms with Crippen molar-refractivity contribution in [3.8, 4) is 0 Å². The number of anilines is 1. The number of ether oxygens (including phenoxy) is 1. The molecule has 1 saturated carbocycles. The molecule has 5 heteroatoms. The average molecular weight is 295 g/mol. The summed E-state index contributed by atoms with van der Waals surface area (Å²) in [6, 6.07) is 0. The van der Waals surface area contributed by atoms with Gasteiger partial charge in [0.25, 0.3) is 0 Å². The van der Waals surface area contributed by atoms with Gasteiger partial charge in [-0.1, -0.05) is 6.92 Å². The van der Waals surface area contributed by atoms with Crippen LogP contribution in [0.4, 0.5) is 5.13 Å². The molecule has 4 nitrogen and oxygen atoms in total. The largest absolute Gasteiger partial charge is 0.379 e. The number of rotatable bonds is 5. The van der Waals surface area contributed by atoms with Crippen molar-refractivity contribution in [1.29, 1.82) is 0 Å². The van der Waals surface area contributed by atoms with Gasteiger partial charge in [0.2, 0.25) is 0 Å². The number of nitrogens with one attached hydrogen (secondary N) is 1. The van der Waals surface area contributed by atoms with Crippen molar-refractivity contribution in [2.24, 2.45) is 5.92 Å². The zero-order valence-corrected chi connectivity index (χ0v) is 13.5. The predicted molar refractivity (Wildman–Crippen MR) is 83.6 cm³/mol. The first-order chi connectivity index (χ1) is 9.72. The van der Waals surface area contributed by atoms with Crippen molar-refractivity contribution in [2.45, 2.75) is 44.8 Å². The van der Waals surface area contributed by atoms with Gasteiger partial charge in [-0.05, 0) is 32.2 Å². The molecule has 1 N–H and O–H groups in total. The van der Waals surface area contributed by atoms with Crippen molar-refractivity contribution in [3.05, 3.63) is 10.6 Å². The van der Waals surface area contributed by atoms with E-state index in [1.54, 1.807) is 0 Å². The predicted octanol–water partition coefficient (Wildman–Crippen LogP) is 2.60. The summed E-state index contributed by atoms with van der Waals surface area (Å²) in [6.07, 6.45) is 4.16. The van der Waals surface area contributed by atoms with E-state index >= 15 is 0 Å². The van der Waals surface area contributed by atoms with Gasteiger partial charge in [0.15, 0.2) is 5.13 Å². The highest BCUT2D eigenvalue weighted by Crippen LogP contribution is 2.44. The molecule has 2 fully saturated rings. The third kappa shape index (κ3) is 2.85. The topological polar surface area (TPSA) is 37.4 Å². The second-order valence-corrected chi connectivity index (χ2v) is 7.16. The summed E-state index contributed by atoms with van der Waals surface area (Å²) in [5.74, 6) is 1.38. The Morgan fingerprint density at radius 1 is 1.40 bits per heavy atom. The van der Waals surface area contributed by atoms with Crippen LogP contribution in [0, 0.1) is 5.92 Å². The molecule has 1 aliphatic carbocycles. The lowest BCUT2D eigenvalue weighted by Crippen LogP contribution is -2.43. The smallest absolute Gasteiger partial charge is 0.185 e. The lowest BCUT2D eigenvalue weighted by Gasteiger charge is -2.36. The summed E-state index contributed by atoms with van der Waals surface area (Å²) >= 11 is 1.87. The van der Waals surface area contributed by atoms with Crippen LogP contribution >= 0.6 is 11.3 Å². The minimum absolute atomic E-state index is 0.338. The van der Waals surface area contributed by atoms with E-state index in [4.69, 9.17) is 9.72 Å². The van der Waals surface area contributed by atoms with Crippen molar-refractivity contribution < 1.29 is 4.74 Å². The van der Waals surface area contributed by atoms with Gasteiger partial charge >= 0.3 is 0 Å². The number of piperidine rings is 1. The van der Waals surface area contributed by atoms with Crippen LogP contribution in [-0.2, 0) is 11.3 Å². The highest BCUT2D eigenvalue weighted by molar-refractivity contribution is 7.15. The molecule has 1 aromatic rings. The van der Waals surface area contributed by atoms with Crippen LogP contribution in [0.15, 0.2) is 0 Å². The first-order valence-electron chi connectivity index (χ1n) is 7.64. The third-order valence-corrected chi connectivity index (χ3v) is 5.61. The lowest BCUT2D eigenvalue weighted by molar-refractivity contribution is 0.0498. The van der Waals surface area contributed by atoms with Gasteiger partial charge in [-0.15, -0.1) is 11.3 Å². The van der Waals surface area contributed by atoms with Crippen molar-refractivity contribution in [1.82, 2.24) is 10.3 Å². The Balaban J connectivity index is 1.77. The number of nitrogens with zero attached hydrogens (tertiary/aromatic N) is 2. The van der Waals surface area contributed by atoms with E-state index in [9.17, 15) is 0 Å². The Hall–Kier alpha value is -0.650. The molecule has 1 saturated heterocycles. The second kappa shape index (κ2) is 6.00. The fraction of sp³-hybridized carbons (Fsp3) is 0.800. The zero-order chi connectivity index (χ0) is 14.1. The molecule has 2 unspecified atom stereocenters. The molecule has 0 radical (unpaired) electrons. The van der Waals surface area contributed by atoms with Crippen LogP contribution in [0.2, 0.25) is 0 Å². The summed E-state index contributed by atoms with van der Waals surface area (Å²) in [7, 11) is 3.84. The Kier molecular flexibility index (Phi) is 4.29. The first-order valence-corrected chi connectivity index (χ1v) is 8.46. The first kappa shape index (κ1) is 14.3. The number of hydrogen-bond acceptors (Lipinski definition) is 5. The summed E-state index contributed by atoms with van der Waals surface area (Å²) in [5.41, 5.74) is 1.35. The molecule has 1 aromatic heterocycles. The molecule has 2 aliphatic rings. The molecule has 0 bridgehead atoms. The van der Waals surface area contributed by atoms with Crippen LogP contribution in [0.25, 0.3) is 0 Å². The van der Waals surface area contributed by atoms with Crippen molar-refractivity contribution in [3.63, 3.8) is 0 Å². The molecule has 112 valence electrons. The monoisotopic (exact) mass is 295 g/mol. The SMILES string of the molecule is CNCc1sc(N2CCC(C)C(OC)C2)nc1C1CC1. The molecule has 0 aromatic carbocycles. The molecule has 3 rings (SSSR count). The van der Waals surface area contributed by atoms with E-state index in [-0.39, 0.29) is 0 Å². The normalized spacial score (nSPS) is 27.1.